The standard InChI is InChI=1S/C24H22FNO3/c1-2-13-29-19-11-9-16(10-12-19)20-15-23(28)26(18-6-3-5-17(25)14-18)21-7-4-8-22(27)24(20)21/h2-3,5-6,9-12,14,20H,1,4,7-8,13,15H2. The van der Waals surface area contributed by atoms with Crippen LogP contribution in [-0.4, -0.2) is 18.3 Å². The van der Waals surface area contributed by atoms with E-state index in [0.29, 0.717) is 48.6 Å². The molecule has 0 N–H and O–H groups in total. The molecule has 5 heteroatoms. The smallest absolute Gasteiger partial charge is 0.232 e. The molecule has 4 nitrogen and oxygen atoms in total. The Labute approximate surface area is 169 Å². The molecule has 0 fully saturated rings. The molecule has 0 saturated heterocycles. The monoisotopic (exact) mass is 391 g/mol. The maximum Gasteiger partial charge on any atom is 0.232 e. The summed E-state index contributed by atoms with van der Waals surface area (Å²) in [6.45, 7) is 4.05. The van der Waals surface area contributed by atoms with E-state index in [1.165, 1.54) is 17.0 Å². The topological polar surface area (TPSA) is 46.6 Å². The second-order valence-electron chi connectivity index (χ2n) is 7.27. The Bertz CT molecular complexity index is 993. The highest BCUT2D eigenvalue weighted by Crippen LogP contribution is 2.43. The van der Waals surface area contributed by atoms with Gasteiger partial charge in [-0.15, -0.1) is 0 Å². The van der Waals surface area contributed by atoms with Gasteiger partial charge in [0.25, 0.3) is 0 Å². The molecule has 0 aromatic heterocycles. The number of rotatable bonds is 5. The number of amides is 1. The number of ether oxygens (including phenoxy) is 1. The number of benzene rings is 2. The quantitative estimate of drug-likeness (QED) is 0.680. The fourth-order valence-electron chi connectivity index (χ4n) is 4.14. The molecule has 2 aromatic rings. The van der Waals surface area contributed by atoms with Crippen LogP contribution in [-0.2, 0) is 9.59 Å². The first-order valence-corrected chi connectivity index (χ1v) is 9.77. The summed E-state index contributed by atoms with van der Waals surface area (Å²) in [5.74, 6) is -0.0418. The highest BCUT2D eigenvalue weighted by Gasteiger charge is 2.39. The molecule has 29 heavy (non-hydrogen) atoms. The average Bonchev–Trinajstić information content (AvgIpc) is 2.72. The molecule has 4 rings (SSSR count). The number of hydrogen-bond donors (Lipinski definition) is 0. The van der Waals surface area contributed by atoms with Crippen LogP contribution >= 0.6 is 0 Å². The molecular formula is C24H22FNO3. The van der Waals surface area contributed by atoms with E-state index >= 15 is 0 Å². The summed E-state index contributed by atoms with van der Waals surface area (Å²) in [5.41, 5.74) is 2.77. The van der Waals surface area contributed by atoms with Crippen molar-refractivity contribution in [2.24, 2.45) is 0 Å². The summed E-state index contributed by atoms with van der Waals surface area (Å²) in [6, 6.07) is 13.5. The lowest BCUT2D eigenvalue weighted by Gasteiger charge is -2.38. The second-order valence-corrected chi connectivity index (χ2v) is 7.27. The van der Waals surface area contributed by atoms with E-state index in [2.05, 4.69) is 6.58 Å². The van der Waals surface area contributed by atoms with Crippen molar-refractivity contribution in [3.05, 3.63) is 83.8 Å². The molecule has 0 spiro atoms. The third kappa shape index (κ3) is 3.73. The van der Waals surface area contributed by atoms with E-state index in [4.69, 9.17) is 4.74 Å². The van der Waals surface area contributed by atoms with Gasteiger partial charge in [-0.05, 0) is 48.7 Å². The fourth-order valence-corrected chi connectivity index (χ4v) is 4.14. The van der Waals surface area contributed by atoms with E-state index in [-0.39, 0.29) is 24.0 Å². The molecule has 0 bridgehead atoms. The van der Waals surface area contributed by atoms with Gasteiger partial charge in [0.05, 0.1) is 5.69 Å². The number of anilines is 1. The lowest BCUT2D eigenvalue weighted by atomic mass is 9.77. The molecule has 1 amide bonds. The molecule has 1 heterocycles. The van der Waals surface area contributed by atoms with Crippen LogP contribution in [0.4, 0.5) is 10.1 Å². The van der Waals surface area contributed by atoms with Gasteiger partial charge in [-0.1, -0.05) is 30.9 Å². The number of hydrogen-bond acceptors (Lipinski definition) is 3. The molecule has 1 unspecified atom stereocenters. The van der Waals surface area contributed by atoms with Gasteiger partial charge < -0.3 is 4.74 Å². The molecule has 1 aliphatic heterocycles. The van der Waals surface area contributed by atoms with Crippen molar-refractivity contribution in [1.82, 2.24) is 0 Å². The maximum atomic E-state index is 13.8. The summed E-state index contributed by atoms with van der Waals surface area (Å²) >= 11 is 0. The number of carbonyl (C=O) groups excluding carboxylic acids is 2. The van der Waals surface area contributed by atoms with E-state index in [1.54, 1.807) is 18.2 Å². The molecule has 2 aliphatic rings. The maximum absolute atomic E-state index is 13.8. The van der Waals surface area contributed by atoms with Crippen LogP contribution in [0.3, 0.4) is 0 Å². The molecular weight excluding hydrogens is 369 g/mol. The van der Waals surface area contributed by atoms with Gasteiger partial charge in [-0.25, -0.2) is 4.39 Å². The third-order valence-corrected chi connectivity index (χ3v) is 5.39. The van der Waals surface area contributed by atoms with Gasteiger partial charge in [0.2, 0.25) is 5.91 Å². The van der Waals surface area contributed by atoms with E-state index in [0.717, 1.165) is 5.56 Å². The Kier molecular flexibility index (Phi) is 5.30. The fraction of sp³-hybridized carbons (Fsp3) is 0.250. The Morgan fingerprint density at radius 1 is 1.14 bits per heavy atom. The van der Waals surface area contributed by atoms with Gasteiger partial charge in [-0.2, -0.15) is 0 Å². The van der Waals surface area contributed by atoms with Gasteiger partial charge >= 0.3 is 0 Å². The zero-order valence-corrected chi connectivity index (χ0v) is 16.1. The third-order valence-electron chi connectivity index (χ3n) is 5.39. The number of Topliss-reactive ketones (excluding diaryl/α,β-unsaturated/α-hetero) is 1. The van der Waals surface area contributed by atoms with Crippen LogP contribution in [0.1, 0.15) is 37.2 Å². The summed E-state index contributed by atoms with van der Waals surface area (Å²) in [5, 5.41) is 0. The molecule has 1 atom stereocenters. The minimum Gasteiger partial charge on any atom is -0.490 e. The van der Waals surface area contributed by atoms with Crippen LogP contribution in [0.25, 0.3) is 0 Å². The molecule has 2 aromatic carbocycles. The normalized spacial score (nSPS) is 19.2. The first-order chi connectivity index (χ1) is 14.1. The molecule has 148 valence electrons. The Morgan fingerprint density at radius 2 is 1.93 bits per heavy atom. The van der Waals surface area contributed by atoms with E-state index < -0.39 is 5.82 Å². The van der Waals surface area contributed by atoms with Crippen molar-refractivity contribution < 1.29 is 18.7 Å². The minimum absolute atomic E-state index is 0.0668. The molecule has 1 aliphatic carbocycles. The van der Waals surface area contributed by atoms with Gasteiger partial charge in [0.1, 0.15) is 18.2 Å². The predicted molar refractivity (Wildman–Crippen MR) is 109 cm³/mol. The predicted octanol–water partition coefficient (Wildman–Crippen LogP) is 4.92. The lowest BCUT2D eigenvalue weighted by Crippen LogP contribution is -2.40. The van der Waals surface area contributed by atoms with Crippen LogP contribution in [0.5, 0.6) is 5.75 Å². The van der Waals surface area contributed by atoms with Gasteiger partial charge in [0, 0.05) is 30.0 Å². The SMILES string of the molecule is C=CCOc1ccc(C2CC(=O)N(c3cccc(F)c3)C3=C2C(=O)CCC3)cc1. The van der Waals surface area contributed by atoms with Gasteiger partial charge in [0.15, 0.2) is 5.78 Å². The van der Waals surface area contributed by atoms with Crippen molar-refractivity contribution in [2.75, 3.05) is 11.5 Å². The van der Waals surface area contributed by atoms with Crippen LogP contribution in [0.15, 0.2) is 72.5 Å². The zero-order chi connectivity index (χ0) is 20.4. The van der Waals surface area contributed by atoms with Crippen LogP contribution in [0, 0.1) is 5.82 Å². The minimum atomic E-state index is -0.406. The van der Waals surface area contributed by atoms with Crippen LogP contribution < -0.4 is 9.64 Å². The van der Waals surface area contributed by atoms with Crippen molar-refractivity contribution in [2.45, 2.75) is 31.6 Å². The summed E-state index contributed by atoms with van der Waals surface area (Å²) in [4.78, 5) is 27.5. The zero-order valence-electron chi connectivity index (χ0n) is 16.1. The highest BCUT2D eigenvalue weighted by atomic mass is 19.1. The molecule has 0 saturated carbocycles. The largest absolute Gasteiger partial charge is 0.490 e. The number of halogens is 1. The highest BCUT2D eigenvalue weighted by molar-refractivity contribution is 6.07. The number of ketones is 1. The lowest BCUT2D eigenvalue weighted by molar-refractivity contribution is -0.119. The number of carbonyl (C=O) groups is 2. The molecule has 0 radical (unpaired) electrons. The average molecular weight is 391 g/mol. The van der Waals surface area contributed by atoms with Crippen molar-refractivity contribution in [3.63, 3.8) is 0 Å². The van der Waals surface area contributed by atoms with E-state index in [9.17, 15) is 14.0 Å². The number of nitrogens with zero attached hydrogens (tertiary/aromatic N) is 1. The van der Waals surface area contributed by atoms with E-state index in [1.807, 2.05) is 24.3 Å². The second kappa shape index (κ2) is 8.03. The van der Waals surface area contributed by atoms with Crippen molar-refractivity contribution in [1.29, 1.82) is 0 Å². The Balaban J connectivity index is 1.75. The Hall–Kier alpha value is -3.21. The Morgan fingerprint density at radius 3 is 2.66 bits per heavy atom. The summed E-state index contributed by atoms with van der Waals surface area (Å²) in [7, 11) is 0. The number of allylic oxidation sites excluding steroid dienone is 2. The summed E-state index contributed by atoms with van der Waals surface area (Å²) in [6.07, 6.45) is 3.64. The van der Waals surface area contributed by atoms with Crippen molar-refractivity contribution in [3.8, 4) is 5.75 Å². The first kappa shape index (κ1) is 19.1. The van der Waals surface area contributed by atoms with Gasteiger partial charge in [-0.3, -0.25) is 14.5 Å². The van der Waals surface area contributed by atoms with Crippen LogP contribution in [0.2, 0.25) is 0 Å². The first-order valence-electron chi connectivity index (χ1n) is 9.77. The summed E-state index contributed by atoms with van der Waals surface area (Å²) < 4.78 is 19.3. The van der Waals surface area contributed by atoms with Crippen molar-refractivity contribution >= 4 is 17.4 Å².